The zero-order valence-electron chi connectivity index (χ0n) is 13.8. The molecule has 0 fully saturated rings. The number of nitrogens with one attached hydrogen (secondary N) is 2. The van der Waals surface area contributed by atoms with Crippen molar-refractivity contribution in [3.8, 4) is 0 Å². The van der Waals surface area contributed by atoms with Gasteiger partial charge in [-0.2, -0.15) is 0 Å². The molecule has 0 aliphatic rings. The highest BCUT2D eigenvalue weighted by atomic mass is 32.1. The van der Waals surface area contributed by atoms with Crippen LogP contribution in [0.15, 0.2) is 42.6 Å². The SMILES string of the molecule is Cc1cccc(Nc2ncc(C(=O)Nc3c(C)cccc3C)s2)n1. The van der Waals surface area contributed by atoms with Crippen LogP contribution < -0.4 is 10.6 Å². The third-order valence-corrected chi connectivity index (χ3v) is 4.48. The number of aryl methyl sites for hydroxylation is 3. The molecule has 0 aliphatic carbocycles. The van der Waals surface area contributed by atoms with E-state index in [4.69, 9.17) is 0 Å². The average Bonchev–Trinajstić information content (AvgIpc) is 2.99. The molecule has 1 amide bonds. The van der Waals surface area contributed by atoms with E-state index in [1.54, 1.807) is 6.20 Å². The molecule has 0 saturated carbocycles. The van der Waals surface area contributed by atoms with Gasteiger partial charge in [0, 0.05) is 11.4 Å². The lowest BCUT2D eigenvalue weighted by atomic mass is 10.1. The first-order valence-electron chi connectivity index (χ1n) is 7.57. The van der Waals surface area contributed by atoms with Crippen LogP contribution in [0.2, 0.25) is 0 Å². The number of thiazole rings is 1. The lowest BCUT2D eigenvalue weighted by molar-refractivity contribution is 0.103. The summed E-state index contributed by atoms with van der Waals surface area (Å²) in [5, 5.41) is 6.73. The highest BCUT2D eigenvalue weighted by Crippen LogP contribution is 2.24. The summed E-state index contributed by atoms with van der Waals surface area (Å²) in [5.41, 5.74) is 3.85. The Kier molecular flexibility index (Phi) is 4.57. The van der Waals surface area contributed by atoms with Crippen LogP contribution in [0.4, 0.5) is 16.6 Å². The first-order valence-corrected chi connectivity index (χ1v) is 8.38. The first kappa shape index (κ1) is 16.1. The van der Waals surface area contributed by atoms with Crippen molar-refractivity contribution in [3.63, 3.8) is 0 Å². The van der Waals surface area contributed by atoms with E-state index < -0.39 is 0 Å². The molecule has 0 spiro atoms. The summed E-state index contributed by atoms with van der Waals surface area (Å²) in [5.74, 6) is 0.557. The normalized spacial score (nSPS) is 10.5. The van der Waals surface area contributed by atoms with Gasteiger partial charge in [-0.05, 0) is 44.0 Å². The number of carbonyl (C=O) groups is 1. The Hall–Kier alpha value is -2.73. The fourth-order valence-corrected chi connectivity index (χ4v) is 3.06. The largest absolute Gasteiger partial charge is 0.321 e. The number of nitrogens with zero attached hydrogens (tertiary/aromatic N) is 2. The molecular formula is C18H18N4OS. The van der Waals surface area contributed by atoms with Crippen molar-refractivity contribution in [2.45, 2.75) is 20.8 Å². The molecule has 0 bridgehead atoms. The second-order valence-corrected chi connectivity index (χ2v) is 6.57. The molecule has 2 heterocycles. The minimum Gasteiger partial charge on any atom is -0.321 e. The number of hydrogen-bond donors (Lipinski definition) is 2. The Morgan fingerprint density at radius 2 is 1.75 bits per heavy atom. The van der Waals surface area contributed by atoms with Crippen LogP contribution in [0.1, 0.15) is 26.5 Å². The summed E-state index contributed by atoms with van der Waals surface area (Å²) in [4.78, 5) is 21.6. The number of carbonyl (C=O) groups excluding carboxylic acids is 1. The summed E-state index contributed by atoms with van der Waals surface area (Å²) in [6.07, 6.45) is 1.58. The lowest BCUT2D eigenvalue weighted by Crippen LogP contribution is -2.12. The van der Waals surface area contributed by atoms with Crippen molar-refractivity contribution in [2.75, 3.05) is 10.6 Å². The van der Waals surface area contributed by atoms with Gasteiger partial charge in [0.15, 0.2) is 5.13 Å². The van der Waals surface area contributed by atoms with Gasteiger partial charge >= 0.3 is 0 Å². The standard InChI is InChI=1S/C18H18N4OS/c1-11-6-4-7-12(2)16(11)22-17(23)14-10-19-18(24-14)21-15-9-5-8-13(3)20-15/h4-10H,1-3H3,(H,22,23)(H,19,20,21). The van der Waals surface area contributed by atoms with Crippen LogP contribution in [0.3, 0.4) is 0 Å². The number of aromatic nitrogens is 2. The molecule has 1 aromatic carbocycles. The summed E-state index contributed by atoms with van der Waals surface area (Å²) in [6.45, 7) is 5.88. The van der Waals surface area contributed by atoms with Gasteiger partial charge in [-0.25, -0.2) is 9.97 Å². The van der Waals surface area contributed by atoms with E-state index in [0.717, 1.165) is 22.5 Å². The maximum absolute atomic E-state index is 12.5. The summed E-state index contributed by atoms with van der Waals surface area (Å²) >= 11 is 1.30. The van der Waals surface area contributed by atoms with E-state index >= 15 is 0 Å². The van der Waals surface area contributed by atoms with Crippen molar-refractivity contribution in [1.82, 2.24) is 9.97 Å². The van der Waals surface area contributed by atoms with E-state index in [1.165, 1.54) is 11.3 Å². The fraction of sp³-hybridized carbons (Fsp3) is 0.167. The number of amides is 1. The highest BCUT2D eigenvalue weighted by molar-refractivity contribution is 7.17. The second kappa shape index (κ2) is 6.80. The van der Waals surface area contributed by atoms with E-state index in [9.17, 15) is 4.79 Å². The molecule has 2 N–H and O–H groups in total. The van der Waals surface area contributed by atoms with Crippen LogP contribution in [0.25, 0.3) is 0 Å². The highest BCUT2D eigenvalue weighted by Gasteiger charge is 2.13. The van der Waals surface area contributed by atoms with Gasteiger partial charge in [-0.1, -0.05) is 35.6 Å². The molecule has 0 saturated heterocycles. The number of pyridine rings is 1. The Morgan fingerprint density at radius 1 is 1.04 bits per heavy atom. The molecule has 5 nitrogen and oxygen atoms in total. The predicted octanol–water partition coefficient (Wildman–Crippen LogP) is 4.46. The van der Waals surface area contributed by atoms with Crippen LogP contribution in [0.5, 0.6) is 0 Å². The van der Waals surface area contributed by atoms with Gasteiger partial charge < -0.3 is 10.6 Å². The minimum atomic E-state index is -0.157. The Morgan fingerprint density at radius 3 is 2.46 bits per heavy atom. The molecule has 122 valence electrons. The first-order chi connectivity index (χ1) is 11.5. The Labute approximate surface area is 144 Å². The molecule has 0 radical (unpaired) electrons. The van der Waals surface area contributed by atoms with Crippen molar-refractivity contribution in [1.29, 1.82) is 0 Å². The molecule has 0 atom stereocenters. The fourth-order valence-electron chi connectivity index (χ4n) is 2.35. The molecule has 0 aliphatic heterocycles. The quantitative estimate of drug-likeness (QED) is 0.737. The number of rotatable bonds is 4. The van der Waals surface area contributed by atoms with Gasteiger partial charge in [0.05, 0.1) is 6.20 Å². The summed E-state index contributed by atoms with van der Waals surface area (Å²) in [6, 6.07) is 11.6. The monoisotopic (exact) mass is 338 g/mol. The van der Waals surface area contributed by atoms with Crippen LogP contribution in [-0.2, 0) is 0 Å². The number of hydrogen-bond acceptors (Lipinski definition) is 5. The molecular weight excluding hydrogens is 320 g/mol. The third-order valence-electron chi connectivity index (χ3n) is 3.57. The third kappa shape index (κ3) is 3.60. The molecule has 0 unspecified atom stereocenters. The minimum absolute atomic E-state index is 0.157. The smallest absolute Gasteiger partial charge is 0.267 e. The molecule has 24 heavy (non-hydrogen) atoms. The summed E-state index contributed by atoms with van der Waals surface area (Å²) in [7, 11) is 0. The van der Waals surface area contributed by atoms with Crippen molar-refractivity contribution in [2.24, 2.45) is 0 Å². The van der Waals surface area contributed by atoms with Gasteiger partial charge in [-0.3, -0.25) is 4.79 Å². The van der Waals surface area contributed by atoms with E-state index in [2.05, 4.69) is 20.6 Å². The van der Waals surface area contributed by atoms with E-state index in [-0.39, 0.29) is 5.91 Å². The topological polar surface area (TPSA) is 66.9 Å². The molecule has 3 aromatic rings. The Bertz CT molecular complexity index is 868. The van der Waals surface area contributed by atoms with Crippen LogP contribution >= 0.6 is 11.3 Å². The predicted molar refractivity (Wildman–Crippen MR) is 98.2 cm³/mol. The van der Waals surface area contributed by atoms with Gasteiger partial charge in [-0.15, -0.1) is 0 Å². The second-order valence-electron chi connectivity index (χ2n) is 5.54. The maximum atomic E-state index is 12.5. The van der Waals surface area contributed by atoms with Gasteiger partial charge in [0.25, 0.3) is 5.91 Å². The lowest BCUT2D eigenvalue weighted by Gasteiger charge is -2.10. The van der Waals surface area contributed by atoms with Crippen molar-refractivity contribution in [3.05, 3.63) is 64.3 Å². The zero-order valence-corrected chi connectivity index (χ0v) is 14.6. The average molecular weight is 338 g/mol. The number of anilines is 3. The van der Waals surface area contributed by atoms with E-state index in [1.807, 2.05) is 57.2 Å². The number of para-hydroxylation sites is 1. The van der Waals surface area contributed by atoms with Crippen LogP contribution in [-0.4, -0.2) is 15.9 Å². The number of benzene rings is 1. The van der Waals surface area contributed by atoms with Crippen molar-refractivity contribution >= 4 is 33.9 Å². The maximum Gasteiger partial charge on any atom is 0.267 e. The van der Waals surface area contributed by atoms with Crippen LogP contribution in [0, 0.1) is 20.8 Å². The van der Waals surface area contributed by atoms with Gasteiger partial charge in [0.1, 0.15) is 10.7 Å². The Balaban J connectivity index is 1.74. The molecule has 6 heteroatoms. The zero-order chi connectivity index (χ0) is 17.1. The summed E-state index contributed by atoms with van der Waals surface area (Å²) < 4.78 is 0. The van der Waals surface area contributed by atoms with Gasteiger partial charge in [0.2, 0.25) is 0 Å². The van der Waals surface area contributed by atoms with Crippen molar-refractivity contribution < 1.29 is 4.79 Å². The molecule has 3 rings (SSSR count). The van der Waals surface area contributed by atoms with E-state index in [0.29, 0.717) is 15.8 Å². The molecule has 2 aromatic heterocycles.